The van der Waals surface area contributed by atoms with Gasteiger partial charge in [-0.3, -0.25) is 0 Å². The molecular weight excluding hydrogens is 232 g/mol. The van der Waals surface area contributed by atoms with Crippen LogP contribution in [0.15, 0.2) is 48.5 Å². The Labute approximate surface area is 107 Å². The second-order valence-corrected chi connectivity index (χ2v) is 4.21. The lowest BCUT2D eigenvalue weighted by molar-refractivity contribution is 0.410. The van der Waals surface area contributed by atoms with Gasteiger partial charge in [0.2, 0.25) is 0 Å². The number of hydrogen-bond donors (Lipinski definition) is 0. The van der Waals surface area contributed by atoms with Gasteiger partial charge in [0, 0.05) is 12.3 Å². The van der Waals surface area contributed by atoms with Crippen LogP contribution in [0.3, 0.4) is 0 Å². The second-order valence-electron chi connectivity index (χ2n) is 3.94. The summed E-state index contributed by atoms with van der Waals surface area (Å²) < 4.78 is 5.37. The molecule has 0 amide bonds. The molecule has 0 radical (unpaired) electrons. The van der Waals surface area contributed by atoms with Crippen LogP contribution in [0.2, 0.25) is 0 Å². The maximum atomic E-state index is 5.86. The first-order chi connectivity index (χ1) is 8.33. The third-order valence-electron chi connectivity index (χ3n) is 2.74. The molecule has 0 bridgehead atoms. The van der Waals surface area contributed by atoms with Crippen molar-refractivity contribution in [1.29, 1.82) is 0 Å². The van der Waals surface area contributed by atoms with Crippen LogP contribution in [0.1, 0.15) is 16.7 Å². The van der Waals surface area contributed by atoms with Gasteiger partial charge in [0.25, 0.3) is 0 Å². The highest BCUT2D eigenvalue weighted by molar-refractivity contribution is 6.17. The Balaban J connectivity index is 2.30. The van der Waals surface area contributed by atoms with E-state index in [1.54, 1.807) is 7.11 Å². The summed E-state index contributed by atoms with van der Waals surface area (Å²) in [6.45, 7) is 0. The van der Waals surface area contributed by atoms with Gasteiger partial charge < -0.3 is 4.74 Å². The molecule has 2 aromatic carbocycles. The largest absolute Gasteiger partial charge is 0.496 e. The van der Waals surface area contributed by atoms with Crippen LogP contribution >= 0.6 is 11.6 Å². The number of halogens is 1. The van der Waals surface area contributed by atoms with Crippen molar-refractivity contribution in [3.63, 3.8) is 0 Å². The Kier molecular flexibility index (Phi) is 4.05. The zero-order valence-corrected chi connectivity index (χ0v) is 10.6. The highest BCUT2D eigenvalue weighted by atomic mass is 35.5. The minimum absolute atomic E-state index is 0.534. The van der Waals surface area contributed by atoms with Gasteiger partial charge in [-0.15, -0.1) is 11.6 Å². The van der Waals surface area contributed by atoms with Gasteiger partial charge in [-0.1, -0.05) is 42.5 Å². The summed E-state index contributed by atoms with van der Waals surface area (Å²) in [5, 5.41) is 0. The molecule has 0 aliphatic carbocycles. The van der Waals surface area contributed by atoms with E-state index in [1.807, 2.05) is 30.3 Å². The second kappa shape index (κ2) is 5.74. The molecule has 0 aromatic heterocycles. The van der Waals surface area contributed by atoms with Crippen LogP contribution in [0.5, 0.6) is 5.75 Å². The summed E-state index contributed by atoms with van der Waals surface area (Å²) in [7, 11) is 1.70. The first kappa shape index (κ1) is 12.0. The van der Waals surface area contributed by atoms with Gasteiger partial charge in [0.05, 0.1) is 7.11 Å². The van der Waals surface area contributed by atoms with Crippen molar-refractivity contribution in [3.8, 4) is 5.75 Å². The predicted octanol–water partition coefficient (Wildman–Crippen LogP) is 4.02. The van der Waals surface area contributed by atoms with Crippen molar-refractivity contribution in [2.24, 2.45) is 0 Å². The fraction of sp³-hybridized carbons (Fsp3) is 0.200. The van der Waals surface area contributed by atoms with Crippen molar-refractivity contribution in [2.45, 2.75) is 12.3 Å². The fourth-order valence-corrected chi connectivity index (χ4v) is 2.04. The summed E-state index contributed by atoms with van der Waals surface area (Å²) in [4.78, 5) is 0. The van der Waals surface area contributed by atoms with E-state index in [4.69, 9.17) is 16.3 Å². The first-order valence-corrected chi connectivity index (χ1v) is 6.12. The summed E-state index contributed by atoms with van der Waals surface area (Å²) in [6.07, 6.45) is 0.870. The molecule has 0 aliphatic rings. The van der Waals surface area contributed by atoms with E-state index in [0.29, 0.717) is 5.88 Å². The number of methoxy groups -OCH3 is 1. The maximum Gasteiger partial charge on any atom is 0.122 e. The molecule has 2 aromatic rings. The Morgan fingerprint density at radius 1 is 1.00 bits per heavy atom. The van der Waals surface area contributed by atoms with E-state index in [2.05, 4.69) is 18.2 Å². The molecule has 0 atom stereocenters. The van der Waals surface area contributed by atoms with Gasteiger partial charge in [0.15, 0.2) is 0 Å². The van der Waals surface area contributed by atoms with Gasteiger partial charge in [-0.25, -0.2) is 0 Å². The number of benzene rings is 2. The minimum atomic E-state index is 0.534. The Hall–Kier alpha value is -1.47. The van der Waals surface area contributed by atoms with E-state index in [-0.39, 0.29) is 0 Å². The van der Waals surface area contributed by atoms with E-state index in [1.165, 1.54) is 11.1 Å². The third-order valence-corrected chi connectivity index (χ3v) is 3.05. The zero-order chi connectivity index (χ0) is 12.1. The monoisotopic (exact) mass is 246 g/mol. The molecule has 0 saturated heterocycles. The van der Waals surface area contributed by atoms with Crippen molar-refractivity contribution >= 4 is 11.6 Å². The predicted molar refractivity (Wildman–Crippen MR) is 71.8 cm³/mol. The number of alkyl halides is 1. The van der Waals surface area contributed by atoms with Gasteiger partial charge >= 0.3 is 0 Å². The summed E-state index contributed by atoms with van der Waals surface area (Å²) >= 11 is 5.86. The number of ether oxygens (including phenoxy) is 1. The fourth-order valence-electron chi connectivity index (χ4n) is 1.87. The quantitative estimate of drug-likeness (QED) is 0.741. The van der Waals surface area contributed by atoms with Gasteiger partial charge in [0.1, 0.15) is 5.75 Å². The Morgan fingerprint density at radius 2 is 1.76 bits per heavy atom. The molecule has 0 fully saturated rings. The van der Waals surface area contributed by atoms with E-state index >= 15 is 0 Å². The smallest absolute Gasteiger partial charge is 0.122 e. The molecule has 0 heterocycles. The summed E-state index contributed by atoms with van der Waals surface area (Å²) in [5.74, 6) is 1.45. The summed E-state index contributed by atoms with van der Waals surface area (Å²) in [6, 6.07) is 16.4. The Bertz CT molecular complexity index is 480. The third kappa shape index (κ3) is 3.01. The summed E-state index contributed by atoms with van der Waals surface area (Å²) in [5.41, 5.74) is 3.58. The molecule has 0 N–H and O–H groups in total. The van der Waals surface area contributed by atoms with Gasteiger partial charge in [-0.05, 0) is 22.8 Å². The van der Waals surface area contributed by atoms with Crippen LogP contribution in [0.25, 0.3) is 0 Å². The maximum absolute atomic E-state index is 5.86. The highest BCUT2D eigenvalue weighted by Gasteiger charge is 2.05. The van der Waals surface area contributed by atoms with Crippen LogP contribution in [0.4, 0.5) is 0 Å². The molecule has 2 heteroatoms. The van der Waals surface area contributed by atoms with Crippen LogP contribution < -0.4 is 4.74 Å². The molecule has 0 saturated carbocycles. The lowest BCUT2D eigenvalue weighted by Crippen LogP contribution is -1.95. The molecule has 1 nitrogen and oxygen atoms in total. The molecule has 2 rings (SSSR count). The molecule has 0 aliphatic heterocycles. The van der Waals surface area contributed by atoms with Gasteiger partial charge in [-0.2, -0.15) is 0 Å². The zero-order valence-electron chi connectivity index (χ0n) is 9.82. The first-order valence-electron chi connectivity index (χ1n) is 5.59. The standard InChI is InChI=1S/C15H15ClO/c1-17-15-8-7-13(11-16)10-14(15)9-12-5-3-2-4-6-12/h2-8,10H,9,11H2,1H3. The van der Waals surface area contributed by atoms with Crippen molar-refractivity contribution in [1.82, 2.24) is 0 Å². The highest BCUT2D eigenvalue weighted by Crippen LogP contribution is 2.23. The van der Waals surface area contributed by atoms with E-state index in [9.17, 15) is 0 Å². The van der Waals surface area contributed by atoms with Crippen LogP contribution in [-0.2, 0) is 12.3 Å². The number of hydrogen-bond acceptors (Lipinski definition) is 1. The lowest BCUT2D eigenvalue weighted by Gasteiger charge is -2.10. The minimum Gasteiger partial charge on any atom is -0.496 e. The average Bonchev–Trinajstić information content (AvgIpc) is 2.40. The topological polar surface area (TPSA) is 9.23 Å². The molecule has 0 unspecified atom stereocenters. The number of rotatable bonds is 4. The SMILES string of the molecule is COc1ccc(CCl)cc1Cc1ccccc1. The molecule has 17 heavy (non-hydrogen) atoms. The van der Waals surface area contributed by atoms with Crippen LogP contribution in [0, 0.1) is 0 Å². The molecular formula is C15H15ClO. The van der Waals surface area contributed by atoms with E-state index in [0.717, 1.165) is 17.7 Å². The normalized spacial score (nSPS) is 10.2. The molecule has 88 valence electrons. The van der Waals surface area contributed by atoms with E-state index < -0.39 is 0 Å². The van der Waals surface area contributed by atoms with Crippen LogP contribution in [-0.4, -0.2) is 7.11 Å². The van der Waals surface area contributed by atoms with Crippen molar-refractivity contribution in [2.75, 3.05) is 7.11 Å². The van der Waals surface area contributed by atoms with Crippen molar-refractivity contribution < 1.29 is 4.74 Å². The Morgan fingerprint density at radius 3 is 2.41 bits per heavy atom. The molecule has 0 spiro atoms. The van der Waals surface area contributed by atoms with Crippen molar-refractivity contribution in [3.05, 3.63) is 65.2 Å². The average molecular weight is 247 g/mol. The lowest BCUT2D eigenvalue weighted by atomic mass is 10.0.